The lowest BCUT2D eigenvalue weighted by Gasteiger charge is -2.31. The normalized spacial score (nSPS) is 24.2. The standard InChI is InChI=1S/C13H20O2/c1-10(8-12(14)15)7-11-5-4-6-13(2,3)9-11/h7-8H,4-6,9H2,1-3H3,(H,14,15)/b10-8-,11-7+. The molecule has 1 N–H and O–H groups in total. The van der Waals surface area contributed by atoms with Gasteiger partial charge < -0.3 is 5.11 Å². The Morgan fingerprint density at radius 1 is 1.47 bits per heavy atom. The van der Waals surface area contributed by atoms with E-state index < -0.39 is 5.97 Å². The first kappa shape index (κ1) is 12.0. The Bertz CT molecular complexity index is 308. The molecule has 1 aliphatic rings. The van der Waals surface area contributed by atoms with E-state index in [1.165, 1.54) is 24.5 Å². The van der Waals surface area contributed by atoms with E-state index in [9.17, 15) is 4.79 Å². The van der Waals surface area contributed by atoms with E-state index in [1.807, 2.05) is 13.0 Å². The van der Waals surface area contributed by atoms with Gasteiger partial charge in [0.2, 0.25) is 0 Å². The summed E-state index contributed by atoms with van der Waals surface area (Å²) in [6.45, 7) is 6.40. The minimum absolute atomic E-state index is 0.383. The van der Waals surface area contributed by atoms with Crippen molar-refractivity contribution in [1.82, 2.24) is 0 Å². The number of hydrogen-bond acceptors (Lipinski definition) is 1. The lowest BCUT2D eigenvalue weighted by Crippen LogP contribution is -2.17. The first-order valence-corrected chi connectivity index (χ1v) is 5.50. The molecule has 0 amide bonds. The fraction of sp³-hybridized carbons (Fsp3) is 0.615. The van der Waals surface area contributed by atoms with E-state index in [4.69, 9.17) is 5.11 Å². The predicted octanol–water partition coefficient (Wildman–Crippen LogP) is 3.54. The molecule has 15 heavy (non-hydrogen) atoms. The molecular formula is C13H20O2. The van der Waals surface area contributed by atoms with Gasteiger partial charge >= 0.3 is 5.97 Å². The molecule has 0 bridgehead atoms. The highest BCUT2D eigenvalue weighted by Crippen LogP contribution is 2.38. The highest BCUT2D eigenvalue weighted by molar-refractivity contribution is 5.81. The zero-order valence-electron chi connectivity index (χ0n) is 9.84. The molecule has 2 nitrogen and oxygen atoms in total. The molecule has 0 aromatic rings. The summed E-state index contributed by atoms with van der Waals surface area (Å²) in [5.41, 5.74) is 2.62. The van der Waals surface area contributed by atoms with E-state index >= 15 is 0 Å². The van der Waals surface area contributed by atoms with Crippen LogP contribution in [-0.2, 0) is 4.79 Å². The van der Waals surface area contributed by atoms with Gasteiger partial charge in [-0.1, -0.05) is 25.5 Å². The Kier molecular flexibility index (Phi) is 3.72. The molecule has 0 aromatic carbocycles. The van der Waals surface area contributed by atoms with Gasteiger partial charge in [0.15, 0.2) is 0 Å². The average molecular weight is 208 g/mol. The Labute approximate surface area is 91.7 Å². The van der Waals surface area contributed by atoms with Gasteiger partial charge in [-0.25, -0.2) is 4.79 Å². The maximum Gasteiger partial charge on any atom is 0.328 e. The van der Waals surface area contributed by atoms with Crippen LogP contribution in [0.4, 0.5) is 0 Å². The number of allylic oxidation sites excluding steroid dienone is 3. The SMILES string of the molecule is CC(=C/C(=O)O)/C=C1\CCCC(C)(C)C1. The fourth-order valence-corrected chi connectivity index (χ4v) is 2.27. The molecule has 0 spiro atoms. The van der Waals surface area contributed by atoms with Gasteiger partial charge in [-0.3, -0.25) is 0 Å². The van der Waals surface area contributed by atoms with Crippen molar-refractivity contribution in [2.24, 2.45) is 5.41 Å². The quantitative estimate of drug-likeness (QED) is 0.705. The van der Waals surface area contributed by atoms with Crippen LogP contribution in [0, 0.1) is 5.41 Å². The van der Waals surface area contributed by atoms with Crippen LogP contribution < -0.4 is 0 Å². The first-order chi connectivity index (χ1) is 6.89. The first-order valence-electron chi connectivity index (χ1n) is 5.50. The van der Waals surface area contributed by atoms with Gasteiger partial charge in [0.25, 0.3) is 0 Å². The molecule has 84 valence electrons. The Balaban J connectivity index is 2.71. The van der Waals surface area contributed by atoms with Crippen molar-refractivity contribution in [3.8, 4) is 0 Å². The summed E-state index contributed by atoms with van der Waals surface area (Å²) in [5.74, 6) is -0.862. The summed E-state index contributed by atoms with van der Waals surface area (Å²) in [5, 5.41) is 8.61. The topological polar surface area (TPSA) is 37.3 Å². The highest BCUT2D eigenvalue weighted by Gasteiger charge is 2.23. The van der Waals surface area contributed by atoms with E-state index in [0.29, 0.717) is 5.41 Å². The summed E-state index contributed by atoms with van der Waals surface area (Å²) in [6, 6.07) is 0. The van der Waals surface area contributed by atoms with Crippen LogP contribution >= 0.6 is 0 Å². The predicted molar refractivity (Wildman–Crippen MR) is 61.7 cm³/mol. The van der Waals surface area contributed by atoms with E-state index in [0.717, 1.165) is 18.4 Å². The van der Waals surface area contributed by atoms with Crippen LogP contribution in [0.2, 0.25) is 0 Å². The fourth-order valence-electron chi connectivity index (χ4n) is 2.27. The summed E-state index contributed by atoms with van der Waals surface area (Å²) >= 11 is 0. The zero-order chi connectivity index (χ0) is 11.5. The van der Waals surface area contributed by atoms with Crippen LogP contribution in [0.15, 0.2) is 23.3 Å². The molecule has 0 aliphatic heterocycles. The molecule has 0 aromatic heterocycles. The minimum Gasteiger partial charge on any atom is -0.478 e. The van der Waals surface area contributed by atoms with Crippen molar-refractivity contribution in [1.29, 1.82) is 0 Å². The summed E-state index contributed by atoms with van der Waals surface area (Å²) < 4.78 is 0. The highest BCUT2D eigenvalue weighted by atomic mass is 16.4. The molecule has 2 heteroatoms. The maximum absolute atomic E-state index is 10.5. The number of carboxylic acids is 1. The number of hydrogen-bond donors (Lipinski definition) is 1. The monoisotopic (exact) mass is 208 g/mol. The molecule has 0 radical (unpaired) electrons. The van der Waals surface area contributed by atoms with Crippen LogP contribution in [0.25, 0.3) is 0 Å². The summed E-state index contributed by atoms with van der Waals surface area (Å²) in [6.07, 6.45) is 8.01. The largest absolute Gasteiger partial charge is 0.478 e. The molecule has 0 heterocycles. The van der Waals surface area contributed by atoms with Crippen LogP contribution in [-0.4, -0.2) is 11.1 Å². The van der Waals surface area contributed by atoms with Crippen molar-refractivity contribution < 1.29 is 9.90 Å². The number of carbonyl (C=O) groups is 1. The van der Waals surface area contributed by atoms with Gasteiger partial charge in [-0.2, -0.15) is 0 Å². The lowest BCUT2D eigenvalue weighted by atomic mass is 9.75. The smallest absolute Gasteiger partial charge is 0.328 e. The van der Waals surface area contributed by atoms with E-state index in [-0.39, 0.29) is 0 Å². The second-order valence-electron chi connectivity index (χ2n) is 5.22. The van der Waals surface area contributed by atoms with Crippen molar-refractivity contribution >= 4 is 5.97 Å². The lowest BCUT2D eigenvalue weighted by molar-refractivity contribution is -0.131. The van der Waals surface area contributed by atoms with Crippen molar-refractivity contribution in [2.45, 2.75) is 46.5 Å². The van der Waals surface area contributed by atoms with E-state index in [1.54, 1.807) is 0 Å². The van der Waals surface area contributed by atoms with E-state index in [2.05, 4.69) is 13.8 Å². The number of carboxylic acid groups (broad SMARTS) is 1. The summed E-state index contributed by atoms with van der Waals surface area (Å²) in [4.78, 5) is 10.5. The third-order valence-electron chi connectivity index (χ3n) is 2.84. The third-order valence-corrected chi connectivity index (χ3v) is 2.84. The molecule has 0 saturated heterocycles. The van der Waals surface area contributed by atoms with Gasteiger partial charge in [0, 0.05) is 6.08 Å². The number of aliphatic carboxylic acids is 1. The van der Waals surface area contributed by atoms with Crippen molar-refractivity contribution in [3.63, 3.8) is 0 Å². The molecule has 1 rings (SSSR count). The van der Waals surface area contributed by atoms with Gasteiger partial charge in [0.1, 0.15) is 0 Å². The molecule has 1 fully saturated rings. The van der Waals surface area contributed by atoms with Crippen LogP contribution in [0.5, 0.6) is 0 Å². The molecular weight excluding hydrogens is 188 g/mol. The second-order valence-corrected chi connectivity index (χ2v) is 5.22. The maximum atomic E-state index is 10.5. The Morgan fingerprint density at radius 2 is 2.13 bits per heavy atom. The molecule has 0 unspecified atom stereocenters. The average Bonchev–Trinajstić information content (AvgIpc) is 1.99. The van der Waals surface area contributed by atoms with Gasteiger partial charge in [-0.05, 0) is 43.6 Å². The Morgan fingerprint density at radius 3 is 2.67 bits per heavy atom. The second kappa shape index (κ2) is 4.65. The Hall–Kier alpha value is -1.05. The van der Waals surface area contributed by atoms with Crippen LogP contribution in [0.3, 0.4) is 0 Å². The third kappa shape index (κ3) is 4.32. The minimum atomic E-state index is -0.862. The van der Waals surface area contributed by atoms with Crippen molar-refractivity contribution in [3.05, 3.63) is 23.3 Å². The zero-order valence-corrected chi connectivity index (χ0v) is 9.84. The number of rotatable bonds is 2. The van der Waals surface area contributed by atoms with Crippen molar-refractivity contribution in [2.75, 3.05) is 0 Å². The molecule has 0 atom stereocenters. The molecule has 1 saturated carbocycles. The van der Waals surface area contributed by atoms with Crippen LogP contribution in [0.1, 0.15) is 46.5 Å². The van der Waals surface area contributed by atoms with Gasteiger partial charge in [0.05, 0.1) is 0 Å². The molecule has 1 aliphatic carbocycles. The van der Waals surface area contributed by atoms with Gasteiger partial charge in [-0.15, -0.1) is 0 Å². The summed E-state index contributed by atoms with van der Waals surface area (Å²) in [7, 11) is 0.